The Balaban J connectivity index is 1.59. The van der Waals surface area contributed by atoms with Gasteiger partial charge in [-0.3, -0.25) is 4.90 Å². The van der Waals surface area contributed by atoms with Crippen molar-refractivity contribution in [3.05, 3.63) is 69.9 Å². The van der Waals surface area contributed by atoms with Crippen LogP contribution in [0.1, 0.15) is 36.9 Å². The molecule has 0 bridgehead atoms. The van der Waals surface area contributed by atoms with Crippen LogP contribution in [0.25, 0.3) is 0 Å². The molecule has 3 rings (SSSR count). The monoisotopic (exact) mass is 390 g/mol. The fourth-order valence-corrected chi connectivity index (χ4v) is 3.85. The number of benzene rings is 2. The van der Waals surface area contributed by atoms with Gasteiger partial charge in [0.25, 0.3) is 0 Å². The Morgan fingerprint density at radius 1 is 1.25 bits per heavy atom. The van der Waals surface area contributed by atoms with Crippen LogP contribution in [-0.2, 0) is 6.54 Å². The molecule has 2 atom stereocenters. The molecule has 2 unspecified atom stereocenters. The quantitative estimate of drug-likeness (QED) is 0.780. The molecule has 1 saturated heterocycles. The molecular weight excluding hydrogens is 367 g/mol. The zero-order valence-electron chi connectivity index (χ0n) is 14.0. The van der Waals surface area contributed by atoms with E-state index in [4.69, 9.17) is 0 Å². The molecule has 0 spiro atoms. The van der Waals surface area contributed by atoms with Crippen LogP contribution >= 0.6 is 15.9 Å². The summed E-state index contributed by atoms with van der Waals surface area (Å²) in [6.07, 6.45) is 2.32. The Morgan fingerprint density at radius 2 is 2.04 bits per heavy atom. The van der Waals surface area contributed by atoms with Gasteiger partial charge in [0.2, 0.25) is 0 Å². The molecule has 128 valence electrons. The van der Waals surface area contributed by atoms with E-state index in [-0.39, 0.29) is 11.9 Å². The molecule has 0 amide bonds. The molecule has 0 aromatic heterocycles. The van der Waals surface area contributed by atoms with Crippen LogP contribution in [0.15, 0.2) is 53.0 Å². The lowest BCUT2D eigenvalue weighted by atomic mass is 10.0. The average Bonchev–Trinajstić information content (AvgIpc) is 2.58. The van der Waals surface area contributed by atoms with Gasteiger partial charge in [0, 0.05) is 35.2 Å². The van der Waals surface area contributed by atoms with Crippen LogP contribution < -0.4 is 5.32 Å². The van der Waals surface area contributed by atoms with E-state index < -0.39 is 0 Å². The van der Waals surface area contributed by atoms with Crippen LogP contribution in [0, 0.1) is 5.82 Å². The second-order valence-corrected chi connectivity index (χ2v) is 7.53. The minimum atomic E-state index is -0.143. The molecule has 1 N–H and O–H groups in total. The third kappa shape index (κ3) is 4.65. The molecule has 1 aliphatic heterocycles. The maximum atomic E-state index is 14.1. The van der Waals surface area contributed by atoms with Crippen LogP contribution in [0.5, 0.6) is 0 Å². The van der Waals surface area contributed by atoms with E-state index in [1.54, 1.807) is 6.07 Å². The van der Waals surface area contributed by atoms with Gasteiger partial charge < -0.3 is 5.32 Å². The third-order valence-electron chi connectivity index (χ3n) is 4.66. The van der Waals surface area contributed by atoms with E-state index >= 15 is 0 Å². The largest absolute Gasteiger partial charge is 0.306 e. The molecule has 2 aromatic carbocycles. The fraction of sp³-hybridized carbons (Fsp3) is 0.400. The maximum Gasteiger partial charge on any atom is 0.128 e. The molecule has 0 radical (unpaired) electrons. The van der Waals surface area contributed by atoms with Crippen molar-refractivity contribution in [2.45, 2.75) is 38.4 Å². The number of hydrogen-bond donors (Lipinski definition) is 1. The number of halogens is 2. The highest BCUT2D eigenvalue weighted by Crippen LogP contribution is 2.23. The SMILES string of the molecule is CC(NC1CCCN(Cc2ccccc2)C1)c1cc(Br)ccc1F. The predicted molar refractivity (Wildman–Crippen MR) is 100 cm³/mol. The molecule has 2 aromatic rings. The summed E-state index contributed by atoms with van der Waals surface area (Å²) in [7, 11) is 0. The fourth-order valence-electron chi connectivity index (χ4n) is 3.47. The Hall–Kier alpha value is -1.23. The molecule has 0 aliphatic carbocycles. The van der Waals surface area contributed by atoms with Gasteiger partial charge >= 0.3 is 0 Å². The van der Waals surface area contributed by atoms with Crippen molar-refractivity contribution < 1.29 is 4.39 Å². The summed E-state index contributed by atoms with van der Waals surface area (Å²) in [5, 5.41) is 3.62. The standard InChI is InChI=1S/C20H24BrFN2/c1-15(19-12-17(21)9-10-20(19)22)23-18-8-5-11-24(14-18)13-16-6-3-2-4-7-16/h2-4,6-7,9-10,12,15,18,23H,5,8,11,13-14H2,1H3. The number of nitrogens with zero attached hydrogens (tertiary/aromatic N) is 1. The molecule has 1 aliphatic rings. The molecule has 2 nitrogen and oxygen atoms in total. The van der Waals surface area contributed by atoms with Crippen molar-refractivity contribution in [1.82, 2.24) is 10.2 Å². The lowest BCUT2D eigenvalue weighted by molar-refractivity contribution is 0.177. The summed E-state index contributed by atoms with van der Waals surface area (Å²) in [5.74, 6) is -0.143. The van der Waals surface area contributed by atoms with Crippen molar-refractivity contribution in [1.29, 1.82) is 0 Å². The molecule has 1 fully saturated rings. The normalized spacial score (nSPS) is 20.0. The van der Waals surface area contributed by atoms with Crippen molar-refractivity contribution >= 4 is 15.9 Å². The highest BCUT2D eigenvalue weighted by molar-refractivity contribution is 9.10. The summed E-state index contributed by atoms with van der Waals surface area (Å²) in [6.45, 7) is 5.17. The van der Waals surface area contributed by atoms with Crippen LogP contribution in [0.3, 0.4) is 0 Å². The molecule has 1 heterocycles. The summed E-state index contributed by atoms with van der Waals surface area (Å²) < 4.78 is 15.0. The van der Waals surface area contributed by atoms with Gasteiger partial charge in [-0.25, -0.2) is 4.39 Å². The third-order valence-corrected chi connectivity index (χ3v) is 5.16. The lowest BCUT2D eigenvalue weighted by Crippen LogP contribution is -2.46. The number of hydrogen-bond acceptors (Lipinski definition) is 2. The first kappa shape index (κ1) is 17.6. The first-order valence-corrected chi connectivity index (χ1v) is 9.38. The second-order valence-electron chi connectivity index (χ2n) is 6.61. The Kier molecular flexibility index (Phi) is 6.04. The van der Waals surface area contributed by atoms with E-state index in [1.165, 1.54) is 18.1 Å². The van der Waals surface area contributed by atoms with E-state index in [0.29, 0.717) is 6.04 Å². The second kappa shape index (κ2) is 8.24. The number of rotatable bonds is 5. The summed E-state index contributed by atoms with van der Waals surface area (Å²) in [4.78, 5) is 2.49. The Morgan fingerprint density at radius 3 is 2.83 bits per heavy atom. The van der Waals surface area contributed by atoms with Gasteiger partial charge in [-0.2, -0.15) is 0 Å². The number of piperidine rings is 1. The summed E-state index contributed by atoms with van der Waals surface area (Å²) >= 11 is 3.43. The van der Waals surface area contributed by atoms with E-state index in [2.05, 4.69) is 56.5 Å². The molecule has 24 heavy (non-hydrogen) atoms. The number of likely N-dealkylation sites (tertiary alicyclic amines) is 1. The lowest BCUT2D eigenvalue weighted by Gasteiger charge is -2.35. The highest BCUT2D eigenvalue weighted by Gasteiger charge is 2.22. The summed E-state index contributed by atoms with van der Waals surface area (Å²) in [6, 6.07) is 16.1. The van der Waals surface area contributed by atoms with Crippen molar-refractivity contribution in [3.8, 4) is 0 Å². The van der Waals surface area contributed by atoms with Crippen molar-refractivity contribution in [2.75, 3.05) is 13.1 Å². The van der Waals surface area contributed by atoms with Gasteiger partial charge in [-0.1, -0.05) is 46.3 Å². The average molecular weight is 391 g/mol. The molecular formula is C20H24BrFN2. The van der Waals surface area contributed by atoms with Crippen LogP contribution in [0.2, 0.25) is 0 Å². The first-order chi connectivity index (χ1) is 11.6. The minimum absolute atomic E-state index is 0.00387. The van der Waals surface area contributed by atoms with Gasteiger partial charge in [-0.15, -0.1) is 0 Å². The number of nitrogens with one attached hydrogen (secondary N) is 1. The Labute approximate surface area is 152 Å². The first-order valence-electron chi connectivity index (χ1n) is 8.59. The summed E-state index contributed by atoms with van der Waals surface area (Å²) in [5.41, 5.74) is 2.08. The van der Waals surface area contributed by atoms with Gasteiger partial charge in [0.05, 0.1) is 0 Å². The highest BCUT2D eigenvalue weighted by atomic mass is 79.9. The van der Waals surface area contributed by atoms with Crippen LogP contribution in [-0.4, -0.2) is 24.0 Å². The van der Waals surface area contributed by atoms with E-state index in [0.717, 1.165) is 36.1 Å². The molecule has 4 heteroatoms. The van der Waals surface area contributed by atoms with Crippen molar-refractivity contribution in [3.63, 3.8) is 0 Å². The smallest absolute Gasteiger partial charge is 0.128 e. The minimum Gasteiger partial charge on any atom is -0.306 e. The van der Waals surface area contributed by atoms with E-state index in [9.17, 15) is 4.39 Å². The van der Waals surface area contributed by atoms with Crippen molar-refractivity contribution in [2.24, 2.45) is 0 Å². The van der Waals surface area contributed by atoms with Gasteiger partial charge in [0.15, 0.2) is 0 Å². The van der Waals surface area contributed by atoms with Gasteiger partial charge in [-0.05, 0) is 50.1 Å². The maximum absolute atomic E-state index is 14.1. The van der Waals surface area contributed by atoms with Crippen LogP contribution in [0.4, 0.5) is 4.39 Å². The molecule has 0 saturated carbocycles. The predicted octanol–water partition coefficient (Wildman–Crippen LogP) is 4.90. The Bertz CT molecular complexity index is 662. The zero-order valence-corrected chi connectivity index (χ0v) is 15.6. The topological polar surface area (TPSA) is 15.3 Å². The van der Waals surface area contributed by atoms with E-state index in [1.807, 2.05) is 13.0 Å². The van der Waals surface area contributed by atoms with Gasteiger partial charge in [0.1, 0.15) is 5.82 Å². The zero-order chi connectivity index (χ0) is 16.9.